The number of aryl methyl sites for hydroxylation is 2. The van der Waals surface area contributed by atoms with Gasteiger partial charge in [0.15, 0.2) is 5.78 Å². The van der Waals surface area contributed by atoms with E-state index >= 15 is 0 Å². The molecular weight excluding hydrogens is 216 g/mol. The van der Waals surface area contributed by atoms with Crippen LogP contribution in [0.25, 0.3) is 0 Å². The van der Waals surface area contributed by atoms with Crippen LogP contribution in [0.15, 0.2) is 16.6 Å². The smallest absolute Gasteiger partial charge is 0.160 e. The standard InChI is InChI=1S/C10H11BrO/c1-6-4-7(2)10(11)5-9(6)8(3)12/h4-5H,1-3H3. The molecule has 0 bridgehead atoms. The molecule has 0 spiro atoms. The molecule has 0 radical (unpaired) electrons. The average Bonchev–Trinajstić information content (AvgIpc) is 1.96. The first-order chi connectivity index (χ1) is 5.52. The Morgan fingerprint density at radius 1 is 1.25 bits per heavy atom. The maximum Gasteiger partial charge on any atom is 0.160 e. The third kappa shape index (κ3) is 1.75. The Morgan fingerprint density at radius 3 is 2.33 bits per heavy atom. The van der Waals surface area contributed by atoms with Gasteiger partial charge in [-0.1, -0.05) is 22.0 Å². The van der Waals surface area contributed by atoms with Crippen LogP contribution in [-0.2, 0) is 0 Å². The average molecular weight is 227 g/mol. The highest BCUT2D eigenvalue weighted by molar-refractivity contribution is 9.10. The van der Waals surface area contributed by atoms with Crippen LogP contribution in [0.2, 0.25) is 0 Å². The maximum absolute atomic E-state index is 11.1. The maximum atomic E-state index is 11.1. The molecule has 0 heterocycles. The molecule has 0 amide bonds. The molecule has 1 aromatic carbocycles. The highest BCUT2D eigenvalue weighted by Gasteiger charge is 2.05. The minimum absolute atomic E-state index is 0.119. The van der Waals surface area contributed by atoms with Gasteiger partial charge in [0, 0.05) is 10.0 Å². The van der Waals surface area contributed by atoms with E-state index in [2.05, 4.69) is 15.9 Å². The zero-order valence-corrected chi connectivity index (χ0v) is 9.03. The summed E-state index contributed by atoms with van der Waals surface area (Å²) >= 11 is 3.40. The van der Waals surface area contributed by atoms with Crippen LogP contribution < -0.4 is 0 Å². The second-order valence-corrected chi connectivity index (χ2v) is 3.83. The minimum Gasteiger partial charge on any atom is -0.295 e. The Kier molecular flexibility index (Phi) is 2.68. The van der Waals surface area contributed by atoms with E-state index in [1.807, 2.05) is 26.0 Å². The van der Waals surface area contributed by atoms with Crippen LogP contribution in [0, 0.1) is 13.8 Å². The summed E-state index contributed by atoms with van der Waals surface area (Å²) in [6, 6.07) is 3.90. The molecule has 0 aliphatic rings. The van der Waals surface area contributed by atoms with Crippen molar-refractivity contribution in [1.82, 2.24) is 0 Å². The van der Waals surface area contributed by atoms with Crippen LogP contribution in [-0.4, -0.2) is 5.78 Å². The fraction of sp³-hybridized carbons (Fsp3) is 0.300. The fourth-order valence-electron chi connectivity index (χ4n) is 1.21. The minimum atomic E-state index is 0.119. The molecule has 64 valence electrons. The highest BCUT2D eigenvalue weighted by atomic mass is 79.9. The van der Waals surface area contributed by atoms with E-state index in [4.69, 9.17) is 0 Å². The van der Waals surface area contributed by atoms with Gasteiger partial charge in [-0.3, -0.25) is 4.79 Å². The van der Waals surface area contributed by atoms with Crippen molar-refractivity contribution < 1.29 is 4.79 Å². The second-order valence-electron chi connectivity index (χ2n) is 2.97. The van der Waals surface area contributed by atoms with E-state index < -0.39 is 0 Å². The van der Waals surface area contributed by atoms with Crippen molar-refractivity contribution in [3.05, 3.63) is 33.3 Å². The fourth-order valence-corrected chi connectivity index (χ4v) is 1.55. The largest absolute Gasteiger partial charge is 0.295 e. The summed E-state index contributed by atoms with van der Waals surface area (Å²) < 4.78 is 0.998. The number of benzene rings is 1. The Labute approximate surface area is 80.9 Å². The number of rotatable bonds is 1. The molecular formula is C10H11BrO. The van der Waals surface area contributed by atoms with Crippen LogP contribution in [0.3, 0.4) is 0 Å². The molecule has 0 aliphatic carbocycles. The zero-order valence-electron chi connectivity index (χ0n) is 7.44. The second kappa shape index (κ2) is 3.40. The van der Waals surface area contributed by atoms with Gasteiger partial charge in [0.1, 0.15) is 0 Å². The predicted octanol–water partition coefficient (Wildman–Crippen LogP) is 3.27. The van der Waals surface area contributed by atoms with Crippen molar-refractivity contribution >= 4 is 21.7 Å². The molecule has 12 heavy (non-hydrogen) atoms. The lowest BCUT2D eigenvalue weighted by Crippen LogP contribution is -1.96. The Bertz CT molecular complexity index is 329. The van der Waals surface area contributed by atoms with Crippen LogP contribution in [0.1, 0.15) is 28.4 Å². The van der Waals surface area contributed by atoms with Crippen molar-refractivity contribution in [3.8, 4) is 0 Å². The van der Waals surface area contributed by atoms with Gasteiger partial charge in [-0.15, -0.1) is 0 Å². The van der Waals surface area contributed by atoms with Gasteiger partial charge < -0.3 is 0 Å². The first-order valence-corrected chi connectivity index (χ1v) is 4.59. The van der Waals surface area contributed by atoms with Crippen LogP contribution >= 0.6 is 15.9 Å². The molecule has 0 atom stereocenters. The summed E-state index contributed by atoms with van der Waals surface area (Å²) in [5.41, 5.74) is 3.01. The van der Waals surface area contributed by atoms with Crippen LogP contribution in [0.5, 0.6) is 0 Å². The summed E-state index contributed by atoms with van der Waals surface area (Å²) in [6.45, 7) is 5.56. The first-order valence-electron chi connectivity index (χ1n) is 3.80. The van der Waals surface area contributed by atoms with E-state index in [9.17, 15) is 4.79 Å². The van der Waals surface area contributed by atoms with Gasteiger partial charge in [-0.05, 0) is 38.0 Å². The third-order valence-electron chi connectivity index (χ3n) is 1.88. The van der Waals surface area contributed by atoms with Gasteiger partial charge in [0.25, 0.3) is 0 Å². The Balaban J connectivity index is 3.33. The molecule has 2 heteroatoms. The quantitative estimate of drug-likeness (QED) is 0.673. The number of carbonyl (C=O) groups is 1. The molecule has 0 fully saturated rings. The van der Waals surface area contributed by atoms with Gasteiger partial charge in [-0.2, -0.15) is 0 Å². The van der Waals surface area contributed by atoms with E-state index in [-0.39, 0.29) is 5.78 Å². The highest BCUT2D eigenvalue weighted by Crippen LogP contribution is 2.21. The molecule has 0 N–H and O–H groups in total. The number of ketones is 1. The number of hydrogen-bond acceptors (Lipinski definition) is 1. The van der Waals surface area contributed by atoms with Crippen molar-refractivity contribution in [2.45, 2.75) is 20.8 Å². The Hall–Kier alpha value is -0.630. The van der Waals surface area contributed by atoms with Gasteiger partial charge in [0.2, 0.25) is 0 Å². The number of halogens is 1. The van der Waals surface area contributed by atoms with E-state index in [1.165, 1.54) is 0 Å². The SMILES string of the molecule is CC(=O)c1cc(Br)c(C)cc1C. The van der Waals surface area contributed by atoms with E-state index in [1.54, 1.807) is 6.92 Å². The molecule has 0 unspecified atom stereocenters. The summed E-state index contributed by atoms with van der Waals surface area (Å²) in [5, 5.41) is 0. The number of hydrogen-bond donors (Lipinski definition) is 0. The lowest BCUT2D eigenvalue weighted by Gasteiger charge is -2.04. The van der Waals surface area contributed by atoms with Crippen molar-refractivity contribution in [2.75, 3.05) is 0 Å². The van der Waals surface area contributed by atoms with Gasteiger partial charge >= 0.3 is 0 Å². The lowest BCUT2D eigenvalue weighted by molar-refractivity contribution is 0.101. The topological polar surface area (TPSA) is 17.1 Å². The summed E-state index contributed by atoms with van der Waals surface area (Å²) in [6.07, 6.45) is 0. The third-order valence-corrected chi connectivity index (χ3v) is 2.74. The molecule has 0 saturated carbocycles. The lowest BCUT2D eigenvalue weighted by atomic mass is 10.0. The molecule has 0 aliphatic heterocycles. The first kappa shape index (κ1) is 9.46. The number of Topliss-reactive ketones (excluding diaryl/α,β-unsaturated/α-hetero) is 1. The van der Waals surface area contributed by atoms with Crippen molar-refractivity contribution in [1.29, 1.82) is 0 Å². The normalized spacial score (nSPS) is 10.0. The Morgan fingerprint density at radius 2 is 1.83 bits per heavy atom. The van der Waals surface area contributed by atoms with Gasteiger partial charge in [0.05, 0.1) is 0 Å². The predicted molar refractivity (Wildman–Crippen MR) is 53.6 cm³/mol. The van der Waals surface area contributed by atoms with E-state index in [0.717, 1.165) is 21.2 Å². The van der Waals surface area contributed by atoms with Crippen LogP contribution in [0.4, 0.5) is 0 Å². The van der Waals surface area contributed by atoms with Gasteiger partial charge in [-0.25, -0.2) is 0 Å². The monoisotopic (exact) mass is 226 g/mol. The van der Waals surface area contributed by atoms with Crippen molar-refractivity contribution in [3.63, 3.8) is 0 Å². The molecule has 1 rings (SSSR count). The number of carbonyl (C=O) groups excluding carboxylic acids is 1. The molecule has 0 saturated heterocycles. The molecule has 0 aromatic heterocycles. The zero-order chi connectivity index (χ0) is 9.30. The molecule has 1 aromatic rings. The van der Waals surface area contributed by atoms with E-state index in [0.29, 0.717) is 0 Å². The summed E-state index contributed by atoms with van der Waals surface area (Å²) in [4.78, 5) is 11.1. The molecule has 1 nitrogen and oxygen atoms in total. The summed E-state index contributed by atoms with van der Waals surface area (Å²) in [5.74, 6) is 0.119. The van der Waals surface area contributed by atoms with Crippen molar-refractivity contribution in [2.24, 2.45) is 0 Å². The summed E-state index contributed by atoms with van der Waals surface area (Å²) in [7, 11) is 0.